The molecule has 2 rings (SSSR count). The first-order chi connectivity index (χ1) is 7.44. The number of amides is 1. The minimum absolute atomic E-state index is 0.0304. The van der Waals surface area contributed by atoms with Crippen LogP contribution in [-0.4, -0.2) is 20.1 Å². The molecule has 6 heteroatoms. The summed E-state index contributed by atoms with van der Waals surface area (Å²) in [6, 6.07) is 5.43. The molecule has 1 aromatic carbocycles. The Morgan fingerprint density at radius 1 is 1.38 bits per heavy atom. The molecule has 1 heterocycles. The van der Waals surface area contributed by atoms with Crippen LogP contribution >= 0.6 is 10.7 Å². The van der Waals surface area contributed by atoms with E-state index in [1.807, 2.05) is 6.07 Å². The molecule has 1 N–H and O–H groups in total. The van der Waals surface area contributed by atoms with Crippen LogP contribution in [0.25, 0.3) is 0 Å². The molecule has 1 aromatic rings. The van der Waals surface area contributed by atoms with E-state index < -0.39 is 9.05 Å². The van der Waals surface area contributed by atoms with Gasteiger partial charge in [0.05, 0.1) is 12.2 Å². The largest absolute Gasteiger partial charge is 0.326 e. The van der Waals surface area contributed by atoms with Crippen molar-refractivity contribution in [3.63, 3.8) is 0 Å². The van der Waals surface area contributed by atoms with Gasteiger partial charge in [-0.1, -0.05) is 12.1 Å². The van der Waals surface area contributed by atoms with Crippen molar-refractivity contribution in [2.75, 3.05) is 11.1 Å². The summed E-state index contributed by atoms with van der Waals surface area (Å²) >= 11 is 0. The minimum atomic E-state index is -3.46. The van der Waals surface area contributed by atoms with Crippen LogP contribution in [0.1, 0.15) is 11.1 Å². The molecule has 0 bridgehead atoms. The average Bonchev–Trinajstić information content (AvgIpc) is 2.52. The summed E-state index contributed by atoms with van der Waals surface area (Å²) < 4.78 is 21.6. The second-order valence-electron chi connectivity index (χ2n) is 3.71. The molecule has 1 amide bonds. The molecule has 1 aliphatic rings. The van der Waals surface area contributed by atoms with Gasteiger partial charge in [0.15, 0.2) is 0 Å². The number of rotatable bonds is 3. The van der Waals surface area contributed by atoms with Crippen molar-refractivity contribution in [2.24, 2.45) is 0 Å². The Labute approximate surface area is 98.0 Å². The highest BCUT2D eigenvalue weighted by Crippen LogP contribution is 2.24. The molecule has 0 saturated heterocycles. The van der Waals surface area contributed by atoms with Gasteiger partial charge in [-0.3, -0.25) is 4.79 Å². The van der Waals surface area contributed by atoms with E-state index in [-0.39, 0.29) is 11.7 Å². The number of anilines is 1. The van der Waals surface area contributed by atoms with E-state index in [0.29, 0.717) is 12.8 Å². The van der Waals surface area contributed by atoms with Gasteiger partial charge in [0.1, 0.15) is 0 Å². The van der Waals surface area contributed by atoms with Gasteiger partial charge >= 0.3 is 0 Å². The normalized spacial score (nSPS) is 14.7. The van der Waals surface area contributed by atoms with Crippen molar-refractivity contribution in [1.82, 2.24) is 0 Å². The molecule has 0 unspecified atom stereocenters. The fraction of sp³-hybridized carbons (Fsp3) is 0.300. The molecule has 0 saturated carbocycles. The third-order valence-electron chi connectivity index (χ3n) is 2.43. The molecule has 0 fully saturated rings. The van der Waals surface area contributed by atoms with Crippen molar-refractivity contribution < 1.29 is 13.2 Å². The first-order valence-corrected chi connectivity index (χ1v) is 7.26. The van der Waals surface area contributed by atoms with Crippen LogP contribution in [0.5, 0.6) is 0 Å². The molecule has 86 valence electrons. The van der Waals surface area contributed by atoms with Crippen molar-refractivity contribution in [1.29, 1.82) is 0 Å². The Kier molecular flexibility index (Phi) is 2.90. The van der Waals surface area contributed by atoms with Crippen molar-refractivity contribution in [3.8, 4) is 0 Å². The Morgan fingerprint density at radius 2 is 2.12 bits per heavy atom. The zero-order chi connectivity index (χ0) is 11.8. The average molecular weight is 260 g/mol. The van der Waals surface area contributed by atoms with Gasteiger partial charge in [-0.2, -0.15) is 0 Å². The molecular formula is C10H10ClNO3S. The zero-order valence-electron chi connectivity index (χ0n) is 8.36. The van der Waals surface area contributed by atoms with Crippen molar-refractivity contribution in [3.05, 3.63) is 29.3 Å². The van der Waals surface area contributed by atoms with Gasteiger partial charge in [-0.05, 0) is 23.6 Å². The lowest BCUT2D eigenvalue weighted by Gasteiger charge is -2.02. The predicted molar refractivity (Wildman–Crippen MR) is 62.1 cm³/mol. The van der Waals surface area contributed by atoms with Crippen LogP contribution in [0.15, 0.2) is 18.2 Å². The number of aryl methyl sites for hydroxylation is 1. The molecule has 0 spiro atoms. The maximum Gasteiger partial charge on any atom is 0.232 e. The van der Waals surface area contributed by atoms with Crippen LogP contribution in [0.2, 0.25) is 0 Å². The van der Waals surface area contributed by atoms with E-state index in [2.05, 4.69) is 5.32 Å². The second-order valence-corrected chi connectivity index (χ2v) is 6.61. The topological polar surface area (TPSA) is 63.2 Å². The monoisotopic (exact) mass is 259 g/mol. The van der Waals surface area contributed by atoms with Gasteiger partial charge in [0.2, 0.25) is 15.0 Å². The Morgan fingerprint density at radius 3 is 2.81 bits per heavy atom. The number of fused-ring (bicyclic) bond motifs is 1. The van der Waals surface area contributed by atoms with Gasteiger partial charge in [-0.25, -0.2) is 8.42 Å². The van der Waals surface area contributed by atoms with E-state index in [9.17, 15) is 13.2 Å². The first-order valence-electron chi connectivity index (χ1n) is 4.78. The summed E-state index contributed by atoms with van der Waals surface area (Å²) in [5.74, 6) is -0.119. The summed E-state index contributed by atoms with van der Waals surface area (Å²) in [5, 5.41) is 2.71. The maximum atomic E-state index is 11.1. The quantitative estimate of drug-likeness (QED) is 0.832. The molecule has 0 radical (unpaired) electrons. The lowest BCUT2D eigenvalue weighted by Crippen LogP contribution is -2.03. The molecule has 0 atom stereocenters. The number of carbonyl (C=O) groups excluding carboxylic acids is 1. The smallest absolute Gasteiger partial charge is 0.232 e. The number of nitrogens with one attached hydrogen (secondary N) is 1. The van der Waals surface area contributed by atoms with Crippen LogP contribution in [-0.2, 0) is 26.7 Å². The summed E-state index contributed by atoms with van der Waals surface area (Å²) in [7, 11) is 1.67. The van der Waals surface area contributed by atoms with Gasteiger partial charge in [0.25, 0.3) is 0 Å². The first kappa shape index (κ1) is 11.4. The summed E-state index contributed by atoms with van der Waals surface area (Å²) in [6.07, 6.45) is 0.726. The Bertz CT molecular complexity index is 539. The molecular weight excluding hydrogens is 250 g/mol. The minimum Gasteiger partial charge on any atom is -0.326 e. The molecule has 4 nitrogen and oxygen atoms in total. The second kappa shape index (κ2) is 4.07. The summed E-state index contributed by atoms with van der Waals surface area (Å²) in [6.45, 7) is 0. The van der Waals surface area contributed by atoms with E-state index >= 15 is 0 Å². The summed E-state index contributed by atoms with van der Waals surface area (Å²) in [4.78, 5) is 11.1. The van der Waals surface area contributed by atoms with Gasteiger partial charge < -0.3 is 5.32 Å². The number of carbonyl (C=O) groups is 1. The van der Waals surface area contributed by atoms with E-state index in [0.717, 1.165) is 16.8 Å². The fourth-order valence-corrected chi connectivity index (χ4v) is 2.39. The maximum absolute atomic E-state index is 11.1. The highest BCUT2D eigenvalue weighted by atomic mass is 35.7. The molecule has 1 aliphatic heterocycles. The zero-order valence-corrected chi connectivity index (χ0v) is 9.94. The Hall–Kier alpha value is -1.07. The van der Waals surface area contributed by atoms with Crippen molar-refractivity contribution in [2.45, 2.75) is 12.8 Å². The van der Waals surface area contributed by atoms with Crippen LogP contribution in [0.3, 0.4) is 0 Å². The molecule has 0 aliphatic carbocycles. The van der Waals surface area contributed by atoms with Crippen LogP contribution in [0, 0.1) is 0 Å². The van der Waals surface area contributed by atoms with E-state index in [1.165, 1.54) is 0 Å². The van der Waals surface area contributed by atoms with Gasteiger partial charge in [0, 0.05) is 16.4 Å². The molecule has 0 aromatic heterocycles. The highest BCUT2D eigenvalue weighted by Gasteiger charge is 2.17. The van der Waals surface area contributed by atoms with E-state index in [1.54, 1.807) is 12.1 Å². The van der Waals surface area contributed by atoms with Crippen LogP contribution < -0.4 is 5.32 Å². The SMILES string of the molecule is O=C1Cc2cc(CCS(=O)(=O)Cl)ccc2N1. The number of hydrogen-bond donors (Lipinski definition) is 1. The highest BCUT2D eigenvalue weighted by molar-refractivity contribution is 8.13. The van der Waals surface area contributed by atoms with E-state index in [4.69, 9.17) is 10.7 Å². The number of benzene rings is 1. The lowest BCUT2D eigenvalue weighted by atomic mass is 10.1. The fourth-order valence-electron chi connectivity index (χ4n) is 1.68. The summed E-state index contributed by atoms with van der Waals surface area (Å²) in [5.41, 5.74) is 2.59. The molecule has 16 heavy (non-hydrogen) atoms. The van der Waals surface area contributed by atoms with Crippen molar-refractivity contribution >= 4 is 31.3 Å². The number of halogens is 1. The van der Waals surface area contributed by atoms with Gasteiger partial charge in [-0.15, -0.1) is 0 Å². The predicted octanol–water partition coefficient (Wildman–Crippen LogP) is 1.29. The third-order valence-corrected chi connectivity index (χ3v) is 3.58. The Balaban J connectivity index is 2.14. The standard InChI is InChI=1S/C10H10ClNO3S/c11-16(14,15)4-3-7-1-2-9-8(5-7)6-10(13)12-9/h1-2,5H,3-4,6H2,(H,12,13). The number of hydrogen-bond acceptors (Lipinski definition) is 3. The lowest BCUT2D eigenvalue weighted by molar-refractivity contribution is -0.115. The third kappa shape index (κ3) is 2.74. The van der Waals surface area contributed by atoms with Crippen LogP contribution in [0.4, 0.5) is 5.69 Å².